The van der Waals surface area contributed by atoms with Crippen molar-refractivity contribution in [3.63, 3.8) is 0 Å². The zero-order valence-corrected chi connectivity index (χ0v) is 17.9. The SMILES string of the molecule is CC(C)N1C=[N+](C(C)C)[B-](c2c(F)c(F)c(F)c(F)c2F)(c2c(F)c(F)c(F)c(F)c2F)C1=O. The normalized spacial score (nSPS) is 15.7. The first-order chi connectivity index (χ1) is 15.6. The number of carbonyl (C=O) groups is 1. The fourth-order valence-electron chi connectivity index (χ4n) is 4.28. The van der Waals surface area contributed by atoms with E-state index in [-0.39, 0.29) is 0 Å². The van der Waals surface area contributed by atoms with Crippen molar-refractivity contribution in [3.8, 4) is 0 Å². The maximum absolute atomic E-state index is 15.0. The zero-order valence-electron chi connectivity index (χ0n) is 17.9. The molecule has 1 aliphatic heterocycles. The molecule has 1 amide bonds. The van der Waals surface area contributed by atoms with E-state index in [9.17, 15) is 31.1 Å². The van der Waals surface area contributed by atoms with Gasteiger partial charge in [0.15, 0.2) is 47.0 Å². The minimum absolute atomic E-state index is 0.541. The summed E-state index contributed by atoms with van der Waals surface area (Å²) in [4.78, 5) is 14.2. The molecule has 0 N–H and O–H groups in total. The second-order valence-corrected chi connectivity index (χ2v) is 8.28. The molecule has 0 atom stereocenters. The summed E-state index contributed by atoms with van der Waals surface area (Å²) < 4.78 is 145. The smallest absolute Gasteiger partial charge is 0.365 e. The lowest BCUT2D eigenvalue weighted by Gasteiger charge is -2.38. The van der Waals surface area contributed by atoms with Gasteiger partial charge < -0.3 is 4.49 Å². The Morgan fingerprint density at radius 1 is 0.618 bits per heavy atom. The van der Waals surface area contributed by atoms with Gasteiger partial charge in [0.1, 0.15) is 23.3 Å². The summed E-state index contributed by atoms with van der Waals surface area (Å²) in [6, 6.07) is -2.09. The molecule has 0 aromatic heterocycles. The largest absolute Gasteiger partial charge is 0.444 e. The highest BCUT2D eigenvalue weighted by molar-refractivity contribution is 7.18. The standard InChI is InChI=1S/C20H15BF10N2O/c1-6(2)32-5-33(7(3)4)21(20(32)34,8-10(22)14(26)18(30)15(27)11(8)23)9-12(24)16(28)19(31)17(29)13(9)25/h5-7H,1-4H3. The lowest BCUT2D eigenvalue weighted by molar-refractivity contribution is -0.424. The average Bonchev–Trinajstić information content (AvgIpc) is 3.07. The number of hydrogen-bond acceptors (Lipinski definition) is 1. The van der Waals surface area contributed by atoms with Crippen LogP contribution in [0.2, 0.25) is 0 Å². The molecule has 14 heteroatoms. The van der Waals surface area contributed by atoms with Crippen molar-refractivity contribution < 1.29 is 53.2 Å². The molecule has 2 aromatic carbocycles. The number of carbonyl (C=O) groups excluding carboxylic acids is 1. The Balaban J connectivity index is 2.72. The van der Waals surface area contributed by atoms with Crippen LogP contribution in [0.25, 0.3) is 0 Å². The molecule has 1 aliphatic rings. The molecule has 0 unspecified atom stereocenters. The second kappa shape index (κ2) is 8.31. The van der Waals surface area contributed by atoms with Gasteiger partial charge in [-0.1, -0.05) is 10.9 Å². The highest BCUT2D eigenvalue weighted by atomic mass is 19.2. The van der Waals surface area contributed by atoms with Gasteiger partial charge in [0.05, 0.1) is 6.04 Å². The topological polar surface area (TPSA) is 23.3 Å². The molecule has 0 aliphatic carbocycles. The Morgan fingerprint density at radius 3 is 1.18 bits per heavy atom. The average molecular weight is 500 g/mol. The Labute approximate surface area is 186 Å². The van der Waals surface area contributed by atoms with Gasteiger partial charge in [-0.15, -0.1) is 0 Å². The summed E-state index contributed by atoms with van der Waals surface area (Å²) in [7, 11) is 0. The van der Waals surface area contributed by atoms with Crippen molar-refractivity contribution in [2.45, 2.75) is 39.8 Å². The van der Waals surface area contributed by atoms with Crippen LogP contribution >= 0.6 is 0 Å². The maximum Gasteiger partial charge on any atom is 0.365 e. The van der Waals surface area contributed by atoms with Crippen molar-refractivity contribution in [3.05, 3.63) is 58.2 Å². The Bertz CT molecular complexity index is 1130. The Hall–Kier alpha value is -3.06. The molecule has 0 saturated carbocycles. The Morgan fingerprint density at radius 2 is 0.912 bits per heavy atom. The van der Waals surface area contributed by atoms with E-state index in [0.29, 0.717) is 9.39 Å². The molecular weight excluding hydrogens is 485 g/mol. The van der Waals surface area contributed by atoms with Crippen molar-refractivity contribution in [1.82, 2.24) is 4.90 Å². The van der Waals surface area contributed by atoms with Gasteiger partial charge in [0.2, 0.25) is 0 Å². The van der Waals surface area contributed by atoms with E-state index in [1.165, 1.54) is 27.7 Å². The number of amides is 1. The first-order valence-electron chi connectivity index (χ1n) is 9.78. The van der Waals surface area contributed by atoms with Gasteiger partial charge in [-0.05, 0) is 27.7 Å². The molecule has 2 aromatic rings. The molecule has 34 heavy (non-hydrogen) atoms. The third-order valence-electron chi connectivity index (χ3n) is 5.79. The Kier molecular flexibility index (Phi) is 6.25. The number of benzene rings is 2. The third-order valence-corrected chi connectivity index (χ3v) is 5.79. The van der Waals surface area contributed by atoms with E-state index in [4.69, 9.17) is 0 Å². The predicted molar refractivity (Wildman–Crippen MR) is 101 cm³/mol. The summed E-state index contributed by atoms with van der Waals surface area (Å²) >= 11 is 0. The molecule has 0 fully saturated rings. The van der Waals surface area contributed by atoms with Crippen LogP contribution in [0.15, 0.2) is 0 Å². The lowest BCUT2D eigenvalue weighted by Crippen LogP contribution is -2.75. The third kappa shape index (κ3) is 3.13. The summed E-state index contributed by atoms with van der Waals surface area (Å²) in [5.41, 5.74) is -4.06. The summed E-state index contributed by atoms with van der Waals surface area (Å²) in [6.45, 7) is 5.08. The van der Waals surface area contributed by atoms with E-state index < -0.39 is 93.3 Å². The first kappa shape index (κ1) is 25.6. The highest BCUT2D eigenvalue weighted by Gasteiger charge is 2.61. The fraction of sp³-hybridized carbons (Fsp3) is 0.300. The number of nitrogens with zero attached hydrogens (tertiary/aromatic N) is 2. The van der Waals surface area contributed by atoms with Crippen LogP contribution in [0.1, 0.15) is 27.7 Å². The van der Waals surface area contributed by atoms with E-state index >= 15 is 17.6 Å². The van der Waals surface area contributed by atoms with Gasteiger partial charge in [-0.25, -0.2) is 48.8 Å². The molecule has 1 heterocycles. The predicted octanol–water partition coefficient (Wildman–Crippen LogP) is 4.01. The van der Waals surface area contributed by atoms with Crippen molar-refractivity contribution in [2.24, 2.45) is 0 Å². The monoisotopic (exact) mass is 500 g/mol. The molecule has 3 nitrogen and oxygen atoms in total. The summed E-state index contributed by atoms with van der Waals surface area (Å²) in [5.74, 6) is -27.8. The van der Waals surface area contributed by atoms with Crippen LogP contribution in [0, 0.1) is 58.2 Å². The van der Waals surface area contributed by atoms with Gasteiger partial charge in [0, 0.05) is 6.04 Å². The van der Waals surface area contributed by atoms with Gasteiger partial charge >= 0.3 is 6.28 Å². The van der Waals surface area contributed by atoms with Gasteiger partial charge in [-0.3, -0.25) is 4.79 Å². The number of halogens is 10. The minimum atomic E-state index is -4.68. The van der Waals surface area contributed by atoms with E-state index in [1.807, 2.05) is 0 Å². The number of rotatable bonds is 4. The minimum Gasteiger partial charge on any atom is -0.444 e. The lowest BCUT2D eigenvalue weighted by atomic mass is 9.25. The van der Waals surface area contributed by atoms with Gasteiger partial charge in [-0.2, -0.15) is 0 Å². The van der Waals surface area contributed by atoms with Crippen LogP contribution in [0.5, 0.6) is 0 Å². The van der Waals surface area contributed by atoms with Crippen LogP contribution in [0.4, 0.5) is 48.7 Å². The highest BCUT2D eigenvalue weighted by Crippen LogP contribution is 2.30. The van der Waals surface area contributed by atoms with Crippen LogP contribution < -0.4 is 10.9 Å². The van der Waals surface area contributed by atoms with Crippen LogP contribution in [0.3, 0.4) is 0 Å². The van der Waals surface area contributed by atoms with Crippen LogP contribution in [-0.4, -0.2) is 39.9 Å². The van der Waals surface area contributed by atoms with E-state index in [2.05, 4.69) is 0 Å². The van der Waals surface area contributed by atoms with Gasteiger partial charge in [0.25, 0.3) is 0 Å². The maximum atomic E-state index is 15.0. The molecule has 0 bridgehead atoms. The molecule has 0 saturated heterocycles. The van der Waals surface area contributed by atoms with E-state index in [1.54, 1.807) is 0 Å². The molecule has 0 spiro atoms. The molecular formula is C20H15BF10N2O. The quantitative estimate of drug-likeness (QED) is 0.270. The molecule has 184 valence electrons. The fourth-order valence-corrected chi connectivity index (χ4v) is 4.28. The first-order valence-corrected chi connectivity index (χ1v) is 9.78. The van der Waals surface area contributed by atoms with Crippen molar-refractivity contribution in [2.75, 3.05) is 0 Å². The van der Waals surface area contributed by atoms with Crippen LogP contribution in [-0.2, 0) is 0 Å². The number of hydrogen-bond donors (Lipinski definition) is 0. The second-order valence-electron chi connectivity index (χ2n) is 8.28. The zero-order chi connectivity index (χ0) is 26.0. The van der Waals surface area contributed by atoms with E-state index in [0.717, 1.165) is 6.34 Å². The molecule has 0 radical (unpaired) electrons. The summed E-state index contributed by atoms with van der Waals surface area (Å²) in [5, 5.41) is 0. The summed E-state index contributed by atoms with van der Waals surface area (Å²) in [6.07, 6.45) is -3.89. The molecule has 3 rings (SSSR count). The van der Waals surface area contributed by atoms with Crippen molar-refractivity contribution in [1.29, 1.82) is 0 Å². The van der Waals surface area contributed by atoms with Crippen molar-refractivity contribution >= 4 is 29.4 Å².